The van der Waals surface area contributed by atoms with Crippen LogP contribution in [0.3, 0.4) is 0 Å². The Morgan fingerprint density at radius 3 is 2.17 bits per heavy atom. The summed E-state index contributed by atoms with van der Waals surface area (Å²) in [5.74, 6) is 0. The number of aliphatic hydroxyl groups is 1. The van der Waals surface area contributed by atoms with Gasteiger partial charge in [0.05, 0.1) is 18.2 Å². The average Bonchev–Trinajstić information content (AvgIpc) is 2.06. The van der Waals surface area contributed by atoms with E-state index in [9.17, 15) is 5.11 Å². The topological polar surface area (TPSA) is 32.7 Å². The molecule has 72 valence electrons. The molecule has 0 spiro atoms. The normalized spacial score (nSPS) is 31.0. The summed E-state index contributed by atoms with van der Waals surface area (Å²) in [6.07, 6.45) is 0. The first kappa shape index (κ1) is 9.96. The second-order valence-electron chi connectivity index (χ2n) is 4.54. The van der Waals surface area contributed by atoms with Gasteiger partial charge in [-0.25, -0.2) is 0 Å². The molecule has 1 aliphatic rings. The van der Waals surface area contributed by atoms with Gasteiger partial charge in [0.2, 0.25) is 0 Å². The molecule has 1 saturated heterocycles. The first-order valence-electron chi connectivity index (χ1n) is 4.34. The zero-order valence-electron chi connectivity index (χ0n) is 8.59. The molecule has 1 aliphatic heterocycles. The van der Waals surface area contributed by atoms with Gasteiger partial charge in [0.15, 0.2) is 0 Å². The number of rotatable bonds is 1. The van der Waals surface area contributed by atoms with E-state index < -0.39 is 5.60 Å². The molecular formula is C9H19NO2. The van der Waals surface area contributed by atoms with Crippen LogP contribution in [0.4, 0.5) is 0 Å². The van der Waals surface area contributed by atoms with Gasteiger partial charge >= 0.3 is 0 Å². The quantitative estimate of drug-likeness (QED) is 0.637. The second-order valence-corrected chi connectivity index (χ2v) is 4.54. The summed E-state index contributed by atoms with van der Waals surface area (Å²) >= 11 is 0. The molecule has 1 fully saturated rings. The van der Waals surface area contributed by atoms with Gasteiger partial charge < -0.3 is 9.84 Å². The van der Waals surface area contributed by atoms with Crippen LogP contribution in [0.2, 0.25) is 0 Å². The molecule has 0 radical (unpaired) electrons. The SMILES string of the molecule is CN1[C@@H](C(C)(C)O)COC1(C)C. The third kappa shape index (κ3) is 1.63. The van der Waals surface area contributed by atoms with Crippen molar-refractivity contribution in [3.05, 3.63) is 0 Å². The van der Waals surface area contributed by atoms with Gasteiger partial charge in [0.25, 0.3) is 0 Å². The molecule has 0 aromatic rings. The summed E-state index contributed by atoms with van der Waals surface area (Å²) in [7, 11) is 1.98. The molecule has 1 N–H and O–H groups in total. The highest BCUT2D eigenvalue weighted by atomic mass is 16.5. The number of nitrogens with zero attached hydrogens (tertiary/aromatic N) is 1. The van der Waals surface area contributed by atoms with Gasteiger partial charge in [-0.3, -0.25) is 4.90 Å². The Morgan fingerprint density at radius 1 is 1.50 bits per heavy atom. The number of ether oxygens (including phenoxy) is 1. The molecule has 0 amide bonds. The number of hydrogen-bond donors (Lipinski definition) is 1. The van der Waals surface area contributed by atoms with Gasteiger partial charge in [-0.15, -0.1) is 0 Å². The number of hydrogen-bond acceptors (Lipinski definition) is 3. The molecule has 0 saturated carbocycles. The van der Waals surface area contributed by atoms with Crippen molar-refractivity contribution in [1.29, 1.82) is 0 Å². The number of likely N-dealkylation sites (N-methyl/N-ethyl adjacent to an activating group) is 1. The molecule has 0 aromatic carbocycles. The van der Waals surface area contributed by atoms with Gasteiger partial charge in [0, 0.05) is 0 Å². The molecular weight excluding hydrogens is 154 g/mol. The first-order chi connectivity index (χ1) is 5.25. The zero-order chi connectivity index (χ0) is 9.57. The van der Waals surface area contributed by atoms with Crippen LogP contribution in [0.15, 0.2) is 0 Å². The third-order valence-corrected chi connectivity index (χ3v) is 2.73. The minimum absolute atomic E-state index is 0.0903. The van der Waals surface area contributed by atoms with Crippen LogP contribution in [0.25, 0.3) is 0 Å². The maximum Gasteiger partial charge on any atom is 0.116 e. The Labute approximate surface area is 74.3 Å². The van der Waals surface area contributed by atoms with Crippen molar-refractivity contribution >= 4 is 0 Å². The maximum absolute atomic E-state index is 9.80. The van der Waals surface area contributed by atoms with Gasteiger partial charge in [-0.05, 0) is 34.7 Å². The molecule has 0 aromatic heterocycles. The van der Waals surface area contributed by atoms with Crippen molar-refractivity contribution < 1.29 is 9.84 Å². The fourth-order valence-electron chi connectivity index (χ4n) is 1.55. The summed E-state index contributed by atoms with van der Waals surface area (Å²) < 4.78 is 5.56. The Hall–Kier alpha value is -0.120. The van der Waals surface area contributed by atoms with Crippen molar-refractivity contribution in [3.63, 3.8) is 0 Å². The predicted molar refractivity (Wildman–Crippen MR) is 47.9 cm³/mol. The molecule has 3 heteroatoms. The van der Waals surface area contributed by atoms with Crippen LogP contribution in [-0.2, 0) is 4.74 Å². The highest BCUT2D eigenvalue weighted by Gasteiger charge is 2.44. The van der Waals surface area contributed by atoms with E-state index in [0.29, 0.717) is 6.61 Å². The van der Waals surface area contributed by atoms with Crippen molar-refractivity contribution in [3.8, 4) is 0 Å². The van der Waals surface area contributed by atoms with Crippen LogP contribution in [0.5, 0.6) is 0 Å². The third-order valence-electron chi connectivity index (χ3n) is 2.73. The maximum atomic E-state index is 9.80. The molecule has 1 heterocycles. The van der Waals surface area contributed by atoms with E-state index in [1.165, 1.54) is 0 Å². The van der Waals surface area contributed by atoms with E-state index in [1.807, 2.05) is 34.7 Å². The largest absolute Gasteiger partial charge is 0.389 e. The molecule has 1 atom stereocenters. The lowest BCUT2D eigenvalue weighted by molar-refractivity contribution is -0.0551. The lowest BCUT2D eigenvalue weighted by atomic mass is 9.98. The van der Waals surface area contributed by atoms with E-state index in [2.05, 4.69) is 4.90 Å². The van der Waals surface area contributed by atoms with E-state index in [-0.39, 0.29) is 11.8 Å². The summed E-state index contributed by atoms with van der Waals surface area (Å²) in [5.41, 5.74) is -0.937. The molecule has 0 bridgehead atoms. The monoisotopic (exact) mass is 173 g/mol. The summed E-state index contributed by atoms with van der Waals surface area (Å²) in [6.45, 7) is 8.27. The average molecular weight is 173 g/mol. The van der Waals surface area contributed by atoms with E-state index >= 15 is 0 Å². The minimum atomic E-state index is -0.692. The van der Waals surface area contributed by atoms with Crippen molar-refractivity contribution in [2.24, 2.45) is 0 Å². The van der Waals surface area contributed by atoms with Gasteiger partial charge in [-0.2, -0.15) is 0 Å². The molecule has 1 rings (SSSR count). The smallest absolute Gasteiger partial charge is 0.116 e. The molecule has 12 heavy (non-hydrogen) atoms. The molecule has 0 aliphatic carbocycles. The highest BCUT2D eigenvalue weighted by Crippen LogP contribution is 2.30. The lowest BCUT2D eigenvalue weighted by Crippen LogP contribution is -2.50. The standard InChI is InChI=1S/C9H19NO2/c1-8(2,11)7-6-12-9(3,4)10(7)5/h7,11H,6H2,1-5H3/t7-/m1/s1. The molecule has 3 nitrogen and oxygen atoms in total. The van der Waals surface area contributed by atoms with Crippen molar-refractivity contribution in [2.45, 2.75) is 45.1 Å². The van der Waals surface area contributed by atoms with Crippen molar-refractivity contribution in [2.75, 3.05) is 13.7 Å². The predicted octanol–water partition coefficient (Wildman–Crippen LogP) is 0.824. The van der Waals surface area contributed by atoms with Crippen LogP contribution in [0.1, 0.15) is 27.7 Å². The Morgan fingerprint density at radius 2 is 2.00 bits per heavy atom. The van der Waals surface area contributed by atoms with E-state index in [0.717, 1.165) is 0 Å². The van der Waals surface area contributed by atoms with Crippen LogP contribution < -0.4 is 0 Å². The van der Waals surface area contributed by atoms with Crippen LogP contribution in [0, 0.1) is 0 Å². The van der Waals surface area contributed by atoms with Crippen LogP contribution in [-0.4, -0.2) is 41.0 Å². The Kier molecular flexibility index (Phi) is 2.23. The fraction of sp³-hybridized carbons (Fsp3) is 1.00. The first-order valence-corrected chi connectivity index (χ1v) is 4.34. The summed E-state index contributed by atoms with van der Waals surface area (Å²) in [6, 6.07) is 0.0903. The Bertz CT molecular complexity index is 172. The van der Waals surface area contributed by atoms with E-state index in [1.54, 1.807) is 0 Å². The lowest BCUT2D eigenvalue weighted by Gasteiger charge is -2.35. The minimum Gasteiger partial charge on any atom is -0.389 e. The van der Waals surface area contributed by atoms with Gasteiger partial charge in [-0.1, -0.05) is 0 Å². The Balaban J connectivity index is 2.74. The molecule has 0 unspecified atom stereocenters. The van der Waals surface area contributed by atoms with Gasteiger partial charge in [0.1, 0.15) is 5.72 Å². The summed E-state index contributed by atoms with van der Waals surface area (Å²) in [4.78, 5) is 2.08. The summed E-state index contributed by atoms with van der Waals surface area (Å²) in [5, 5.41) is 9.80. The fourth-order valence-corrected chi connectivity index (χ4v) is 1.55. The zero-order valence-corrected chi connectivity index (χ0v) is 8.59. The van der Waals surface area contributed by atoms with Crippen molar-refractivity contribution in [1.82, 2.24) is 4.90 Å². The highest BCUT2D eigenvalue weighted by molar-refractivity contribution is 4.93. The van der Waals surface area contributed by atoms with Crippen LogP contribution >= 0.6 is 0 Å². The van der Waals surface area contributed by atoms with E-state index in [4.69, 9.17) is 4.74 Å². The second kappa shape index (κ2) is 2.69.